The van der Waals surface area contributed by atoms with E-state index in [4.69, 9.17) is 4.74 Å². The van der Waals surface area contributed by atoms with Gasteiger partial charge in [0.2, 0.25) is 0 Å². The molecular formula is C26H22FNO4. The summed E-state index contributed by atoms with van der Waals surface area (Å²) in [7, 11) is 1.55. The number of hydrogen-bond acceptors (Lipinski definition) is 4. The number of rotatable bonds is 4. The van der Waals surface area contributed by atoms with Crippen LogP contribution in [0.4, 0.5) is 10.1 Å². The summed E-state index contributed by atoms with van der Waals surface area (Å²) < 4.78 is 19.0. The van der Waals surface area contributed by atoms with Crippen LogP contribution in [0.5, 0.6) is 5.75 Å². The fourth-order valence-corrected chi connectivity index (χ4v) is 3.96. The summed E-state index contributed by atoms with van der Waals surface area (Å²) in [4.78, 5) is 27.7. The summed E-state index contributed by atoms with van der Waals surface area (Å²) in [5.74, 6) is -1.68. The molecule has 0 spiro atoms. The third kappa shape index (κ3) is 3.54. The Morgan fingerprint density at radius 1 is 0.969 bits per heavy atom. The number of ether oxygens (including phenoxy) is 1. The summed E-state index contributed by atoms with van der Waals surface area (Å²) in [6.45, 7) is 3.42. The second-order valence-electron chi connectivity index (χ2n) is 7.69. The van der Waals surface area contributed by atoms with Crippen LogP contribution in [0.3, 0.4) is 0 Å². The number of methoxy groups -OCH3 is 1. The Balaban J connectivity index is 1.96. The van der Waals surface area contributed by atoms with E-state index in [0.29, 0.717) is 22.6 Å². The number of aliphatic hydroxyl groups excluding tert-OH is 1. The lowest BCUT2D eigenvalue weighted by molar-refractivity contribution is -0.132. The van der Waals surface area contributed by atoms with Gasteiger partial charge in [-0.1, -0.05) is 30.3 Å². The van der Waals surface area contributed by atoms with Crippen LogP contribution in [0.1, 0.15) is 28.3 Å². The Morgan fingerprint density at radius 2 is 1.66 bits per heavy atom. The number of anilines is 1. The van der Waals surface area contributed by atoms with Crippen LogP contribution in [0.25, 0.3) is 5.76 Å². The van der Waals surface area contributed by atoms with Crippen LogP contribution in [0, 0.1) is 19.7 Å². The molecule has 3 aromatic rings. The number of Topliss-reactive ketones (excluding diaryl/α,β-unsaturated/α-hetero) is 1. The number of halogens is 1. The van der Waals surface area contributed by atoms with Crippen molar-refractivity contribution in [3.8, 4) is 5.75 Å². The monoisotopic (exact) mass is 431 g/mol. The highest BCUT2D eigenvalue weighted by atomic mass is 19.1. The maximum absolute atomic E-state index is 13.8. The van der Waals surface area contributed by atoms with Crippen LogP contribution in [0.2, 0.25) is 0 Å². The van der Waals surface area contributed by atoms with Gasteiger partial charge in [-0.2, -0.15) is 0 Å². The van der Waals surface area contributed by atoms with Crippen molar-refractivity contribution in [2.45, 2.75) is 19.9 Å². The van der Waals surface area contributed by atoms with Crippen molar-refractivity contribution in [2.24, 2.45) is 0 Å². The van der Waals surface area contributed by atoms with Crippen LogP contribution < -0.4 is 9.64 Å². The fourth-order valence-electron chi connectivity index (χ4n) is 3.96. The van der Waals surface area contributed by atoms with E-state index in [2.05, 4.69) is 0 Å². The molecule has 3 aromatic carbocycles. The first kappa shape index (κ1) is 21.3. The zero-order valence-corrected chi connectivity index (χ0v) is 17.9. The number of amides is 1. The van der Waals surface area contributed by atoms with Gasteiger partial charge in [-0.15, -0.1) is 0 Å². The predicted octanol–water partition coefficient (Wildman–Crippen LogP) is 5.08. The number of para-hydroxylation sites is 1. The zero-order chi connectivity index (χ0) is 23.0. The van der Waals surface area contributed by atoms with Gasteiger partial charge in [0.1, 0.15) is 17.3 Å². The molecule has 6 heteroatoms. The molecule has 0 saturated carbocycles. The SMILES string of the molecule is COc1ccc(C2/C(=C(/O)c3ccc(F)c(C)c3)C(=O)C(=O)N2c2ccccc2C)cc1. The van der Waals surface area contributed by atoms with E-state index in [1.54, 1.807) is 50.4 Å². The topological polar surface area (TPSA) is 66.8 Å². The lowest BCUT2D eigenvalue weighted by atomic mass is 9.94. The number of aryl methyl sites for hydroxylation is 2. The number of benzene rings is 3. The van der Waals surface area contributed by atoms with Gasteiger partial charge in [0, 0.05) is 11.3 Å². The van der Waals surface area contributed by atoms with Crippen LogP contribution in [-0.4, -0.2) is 23.9 Å². The summed E-state index contributed by atoms with van der Waals surface area (Å²) in [5, 5.41) is 11.1. The number of aliphatic hydroxyl groups is 1. The average Bonchev–Trinajstić information content (AvgIpc) is 3.06. The molecule has 32 heavy (non-hydrogen) atoms. The first-order valence-electron chi connectivity index (χ1n) is 10.1. The van der Waals surface area contributed by atoms with Crippen molar-refractivity contribution in [1.29, 1.82) is 0 Å². The molecule has 0 aromatic heterocycles. The zero-order valence-electron chi connectivity index (χ0n) is 17.9. The molecule has 1 fully saturated rings. The molecule has 5 nitrogen and oxygen atoms in total. The highest BCUT2D eigenvalue weighted by Crippen LogP contribution is 2.43. The third-order valence-electron chi connectivity index (χ3n) is 5.68. The Bertz CT molecular complexity index is 1250. The van der Waals surface area contributed by atoms with Crippen molar-refractivity contribution in [1.82, 2.24) is 0 Å². The molecular weight excluding hydrogens is 409 g/mol. The van der Waals surface area contributed by atoms with E-state index in [1.165, 1.54) is 23.1 Å². The van der Waals surface area contributed by atoms with E-state index < -0.39 is 23.5 Å². The first-order valence-corrected chi connectivity index (χ1v) is 10.1. The molecule has 1 N–H and O–H groups in total. The van der Waals surface area contributed by atoms with Gasteiger partial charge in [-0.05, 0) is 66.9 Å². The van der Waals surface area contributed by atoms with E-state index in [0.717, 1.165) is 5.56 Å². The third-order valence-corrected chi connectivity index (χ3v) is 5.68. The van der Waals surface area contributed by atoms with Crippen molar-refractivity contribution >= 4 is 23.1 Å². The van der Waals surface area contributed by atoms with Crippen LogP contribution in [-0.2, 0) is 9.59 Å². The Kier molecular flexibility index (Phi) is 5.53. The minimum absolute atomic E-state index is 0.0468. The average molecular weight is 431 g/mol. The maximum Gasteiger partial charge on any atom is 0.300 e. The van der Waals surface area contributed by atoms with Crippen LogP contribution >= 0.6 is 0 Å². The molecule has 0 aliphatic carbocycles. The van der Waals surface area contributed by atoms with Gasteiger partial charge in [0.15, 0.2) is 0 Å². The largest absolute Gasteiger partial charge is 0.507 e. The maximum atomic E-state index is 13.8. The molecule has 1 saturated heterocycles. The first-order chi connectivity index (χ1) is 15.3. The van der Waals surface area contributed by atoms with Crippen molar-refractivity contribution in [3.05, 3.63) is 100 Å². The van der Waals surface area contributed by atoms with Crippen molar-refractivity contribution in [3.63, 3.8) is 0 Å². The normalized spacial score (nSPS) is 17.6. The van der Waals surface area contributed by atoms with E-state index in [9.17, 15) is 19.1 Å². The summed E-state index contributed by atoms with van der Waals surface area (Å²) in [5.41, 5.74) is 2.56. The minimum Gasteiger partial charge on any atom is -0.507 e. The fraction of sp³-hybridized carbons (Fsp3) is 0.154. The predicted molar refractivity (Wildman–Crippen MR) is 120 cm³/mol. The van der Waals surface area contributed by atoms with Crippen molar-refractivity contribution in [2.75, 3.05) is 12.0 Å². The van der Waals surface area contributed by atoms with Gasteiger partial charge in [0.05, 0.1) is 18.7 Å². The molecule has 162 valence electrons. The lowest BCUT2D eigenvalue weighted by Crippen LogP contribution is -2.30. The van der Waals surface area contributed by atoms with E-state index >= 15 is 0 Å². The summed E-state index contributed by atoms with van der Waals surface area (Å²) in [6.07, 6.45) is 0. The minimum atomic E-state index is -0.854. The molecule has 4 rings (SSSR count). The number of nitrogens with zero attached hydrogens (tertiary/aromatic N) is 1. The Labute approximate surface area is 185 Å². The smallest absolute Gasteiger partial charge is 0.300 e. The van der Waals surface area contributed by atoms with Crippen molar-refractivity contribution < 1.29 is 23.8 Å². The standard InChI is InChI=1S/C26H22FNO4/c1-15-6-4-5-7-21(15)28-23(17-8-11-19(32-3)12-9-17)22(25(30)26(28)31)24(29)18-10-13-20(27)16(2)14-18/h4-14,23,29H,1-3H3/b24-22-. The molecule has 0 bridgehead atoms. The van der Waals surface area contributed by atoms with Gasteiger partial charge >= 0.3 is 0 Å². The number of carbonyl (C=O) groups is 2. The van der Waals surface area contributed by atoms with Gasteiger partial charge in [0.25, 0.3) is 11.7 Å². The lowest BCUT2D eigenvalue weighted by Gasteiger charge is -2.27. The highest BCUT2D eigenvalue weighted by Gasteiger charge is 2.47. The van der Waals surface area contributed by atoms with Crippen LogP contribution in [0.15, 0.2) is 72.3 Å². The molecule has 1 aliphatic heterocycles. The Morgan fingerprint density at radius 3 is 2.28 bits per heavy atom. The number of ketones is 1. The van der Waals surface area contributed by atoms with E-state index in [1.807, 2.05) is 19.1 Å². The molecule has 0 radical (unpaired) electrons. The van der Waals surface area contributed by atoms with Gasteiger partial charge in [-0.3, -0.25) is 14.5 Å². The van der Waals surface area contributed by atoms with Gasteiger partial charge in [-0.25, -0.2) is 4.39 Å². The Hall–Kier alpha value is -3.93. The van der Waals surface area contributed by atoms with Gasteiger partial charge < -0.3 is 9.84 Å². The molecule has 1 aliphatic rings. The highest BCUT2D eigenvalue weighted by molar-refractivity contribution is 6.51. The summed E-state index contributed by atoms with van der Waals surface area (Å²) >= 11 is 0. The van der Waals surface area contributed by atoms with E-state index in [-0.39, 0.29) is 16.9 Å². The summed E-state index contributed by atoms with van der Waals surface area (Å²) in [6, 6.07) is 17.4. The molecule has 1 heterocycles. The molecule has 1 unspecified atom stereocenters. The second kappa shape index (κ2) is 8.30. The number of hydrogen-bond donors (Lipinski definition) is 1. The quantitative estimate of drug-likeness (QED) is 0.356. The second-order valence-corrected chi connectivity index (χ2v) is 7.69. The number of carbonyl (C=O) groups excluding carboxylic acids is 2. The molecule has 1 amide bonds. The molecule has 1 atom stereocenters.